The van der Waals surface area contributed by atoms with Gasteiger partial charge < -0.3 is 14.6 Å². The molecule has 28 heavy (non-hydrogen) atoms. The van der Waals surface area contributed by atoms with Crippen molar-refractivity contribution in [3.05, 3.63) is 41.3 Å². The number of aromatic nitrogens is 3. The fraction of sp³-hybridized carbons (Fsp3) is 0.571. The molecule has 1 aliphatic carbocycles. The Labute approximate surface area is 165 Å². The first-order valence-electron chi connectivity index (χ1n) is 9.86. The molecule has 7 heteroatoms. The van der Waals surface area contributed by atoms with Crippen molar-refractivity contribution in [3.8, 4) is 11.9 Å². The largest absolute Gasteiger partial charge is 0.481 e. The van der Waals surface area contributed by atoms with Crippen LogP contribution in [-0.4, -0.2) is 52.3 Å². The van der Waals surface area contributed by atoms with Crippen LogP contribution < -0.4 is 9.47 Å². The van der Waals surface area contributed by atoms with Crippen LogP contribution >= 0.6 is 0 Å². The molecule has 3 heterocycles. The summed E-state index contributed by atoms with van der Waals surface area (Å²) < 4.78 is 10.6. The number of hydrogen-bond acceptors (Lipinski definition) is 7. The number of rotatable bonds is 5. The fourth-order valence-corrected chi connectivity index (χ4v) is 4.91. The third kappa shape index (κ3) is 3.22. The van der Waals surface area contributed by atoms with Crippen LogP contribution in [0.15, 0.2) is 24.7 Å². The van der Waals surface area contributed by atoms with Crippen LogP contribution in [0.25, 0.3) is 0 Å². The summed E-state index contributed by atoms with van der Waals surface area (Å²) in [6.45, 7) is 4.66. The Hall–Kier alpha value is -2.25. The van der Waals surface area contributed by atoms with Gasteiger partial charge in [-0.05, 0) is 37.0 Å². The number of piperidine rings is 1. The molecule has 0 amide bonds. The van der Waals surface area contributed by atoms with Gasteiger partial charge in [0.15, 0.2) is 0 Å². The Morgan fingerprint density at radius 2 is 1.93 bits per heavy atom. The third-order valence-corrected chi connectivity index (χ3v) is 6.38. The molecule has 2 aromatic heterocycles. The summed E-state index contributed by atoms with van der Waals surface area (Å²) in [5, 5.41) is 11.9. The van der Waals surface area contributed by atoms with E-state index >= 15 is 0 Å². The summed E-state index contributed by atoms with van der Waals surface area (Å²) in [6, 6.07) is 2.34. The smallest absolute Gasteiger partial charge is 0.319 e. The summed E-state index contributed by atoms with van der Waals surface area (Å²) in [7, 11) is 3.10. The maximum Gasteiger partial charge on any atom is 0.319 e. The molecule has 0 radical (unpaired) electrons. The molecule has 2 fully saturated rings. The van der Waals surface area contributed by atoms with E-state index in [1.165, 1.54) is 18.2 Å². The predicted octanol–water partition coefficient (Wildman–Crippen LogP) is 2.32. The minimum atomic E-state index is -0.973. The van der Waals surface area contributed by atoms with E-state index in [0.29, 0.717) is 11.4 Å². The Balaban J connectivity index is 1.63. The molecule has 0 aromatic carbocycles. The van der Waals surface area contributed by atoms with E-state index in [1.54, 1.807) is 13.3 Å². The standard InChI is InChI=1S/C21H28N4O3/c1-14-9-22-8-7-15(14)11-25-12-16-5-4-6-17(13-25)21(16,26)18-10-23-20(28-3)24-19(18)27-2/h7-10,16-17,26H,4-6,11-13H2,1-3H3/t16-,17-/m1/s1. The molecule has 7 nitrogen and oxygen atoms in total. The first-order valence-corrected chi connectivity index (χ1v) is 9.86. The van der Waals surface area contributed by atoms with Crippen LogP contribution in [-0.2, 0) is 12.1 Å². The first kappa shape index (κ1) is 19.1. The van der Waals surface area contributed by atoms with Crippen LogP contribution in [0.4, 0.5) is 0 Å². The zero-order valence-corrected chi connectivity index (χ0v) is 16.8. The number of hydrogen-bond donors (Lipinski definition) is 1. The molecule has 2 aromatic rings. The topological polar surface area (TPSA) is 80.6 Å². The lowest BCUT2D eigenvalue weighted by molar-refractivity contribution is -0.149. The van der Waals surface area contributed by atoms with Crippen LogP contribution in [0.2, 0.25) is 0 Å². The van der Waals surface area contributed by atoms with E-state index in [4.69, 9.17) is 9.47 Å². The average Bonchev–Trinajstić information content (AvgIpc) is 2.70. The first-order chi connectivity index (χ1) is 13.6. The van der Waals surface area contributed by atoms with Crippen molar-refractivity contribution in [1.82, 2.24) is 19.9 Å². The molecule has 150 valence electrons. The van der Waals surface area contributed by atoms with Gasteiger partial charge in [0.05, 0.1) is 19.8 Å². The van der Waals surface area contributed by atoms with E-state index in [-0.39, 0.29) is 17.8 Å². The van der Waals surface area contributed by atoms with Gasteiger partial charge >= 0.3 is 6.01 Å². The van der Waals surface area contributed by atoms with Crippen molar-refractivity contribution < 1.29 is 14.6 Å². The quantitative estimate of drug-likeness (QED) is 0.847. The summed E-state index contributed by atoms with van der Waals surface area (Å²) in [4.78, 5) is 15.2. The average molecular weight is 384 g/mol. The number of aryl methyl sites for hydroxylation is 1. The second kappa shape index (κ2) is 7.64. The predicted molar refractivity (Wildman–Crippen MR) is 104 cm³/mol. The van der Waals surface area contributed by atoms with Crippen molar-refractivity contribution in [1.29, 1.82) is 0 Å². The highest BCUT2D eigenvalue weighted by Crippen LogP contribution is 2.51. The zero-order chi connectivity index (χ0) is 19.7. The molecule has 1 saturated carbocycles. The Morgan fingerprint density at radius 3 is 2.57 bits per heavy atom. The summed E-state index contributed by atoms with van der Waals surface area (Å²) in [5.41, 5.74) is 2.22. The van der Waals surface area contributed by atoms with Crippen molar-refractivity contribution in [2.45, 2.75) is 38.3 Å². The molecule has 2 aliphatic rings. The number of aliphatic hydroxyl groups is 1. The van der Waals surface area contributed by atoms with E-state index in [0.717, 1.165) is 38.9 Å². The molecule has 2 bridgehead atoms. The minimum Gasteiger partial charge on any atom is -0.481 e. The van der Waals surface area contributed by atoms with Crippen LogP contribution in [0.3, 0.4) is 0 Å². The lowest BCUT2D eigenvalue weighted by Gasteiger charge is -2.53. The highest BCUT2D eigenvalue weighted by Gasteiger charge is 2.53. The third-order valence-electron chi connectivity index (χ3n) is 6.38. The lowest BCUT2D eigenvalue weighted by Crippen LogP contribution is -2.58. The van der Waals surface area contributed by atoms with Crippen LogP contribution in [0.5, 0.6) is 11.9 Å². The molecule has 4 rings (SSSR count). The SMILES string of the molecule is COc1ncc(C2(O)[C@@H]3CCC[C@@H]2CN(Cc2ccncc2C)C3)c(OC)n1. The Kier molecular flexibility index (Phi) is 5.21. The number of methoxy groups -OCH3 is 2. The van der Waals surface area contributed by atoms with E-state index < -0.39 is 5.60 Å². The lowest BCUT2D eigenvalue weighted by atomic mass is 9.63. The summed E-state index contributed by atoms with van der Waals surface area (Å²) in [6.07, 6.45) is 8.54. The van der Waals surface area contributed by atoms with Gasteiger partial charge in [-0.1, -0.05) is 6.42 Å². The number of likely N-dealkylation sites (tertiary alicyclic amines) is 1. The van der Waals surface area contributed by atoms with Gasteiger partial charge in [-0.15, -0.1) is 0 Å². The van der Waals surface area contributed by atoms with Gasteiger partial charge in [0.25, 0.3) is 0 Å². The molecule has 1 N–H and O–H groups in total. The normalized spacial score (nSPS) is 27.4. The Morgan fingerprint density at radius 1 is 1.18 bits per heavy atom. The molecule has 2 atom stereocenters. The fourth-order valence-electron chi connectivity index (χ4n) is 4.91. The number of fused-ring (bicyclic) bond motifs is 2. The second-order valence-electron chi connectivity index (χ2n) is 7.93. The highest BCUT2D eigenvalue weighted by molar-refractivity contribution is 5.34. The number of pyridine rings is 1. The molecule has 1 saturated heterocycles. The maximum absolute atomic E-state index is 11.9. The van der Waals surface area contributed by atoms with Gasteiger partial charge in [0, 0.05) is 50.1 Å². The minimum absolute atomic E-state index is 0.119. The number of ether oxygens (including phenoxy) is 2. The molecular weight excluding hydrogens is 356 g/mol. The Bertz CT molecular complexity index is 830. The second-order valence-corrected chi connectivity index (χ2v) is 7.93. The molecule has 1 aliphatic heterocycles. The van der Waals surface area contributed by atoms with Gasteiger partial charge in [0.2, 0.25) is 5.88 Å². The van der Waals surface area contributed by atoms with Crippen molar-refractivity contribution in [2.75, 3.05) is 27.3 Å². The summed E-state index contributed by atoms with van der Waals surface area (Å²) in [5.74, 6) is 0.644. The van der Waals surface area contributed by atoms with Gasteiger partial charge in [0.1, 0.15) is 5.60 Å². The van der Waals surface area contributed by atoms with E-state index in [9.17, 15) is 5.11 Å². The van der Waals surface area contributed by atoms with Crippen LogP contribution in [0, 0.1) is 18.8 Å². The van der Waals surface area contributed by atoms with Crippen molar-refractivity contribution in [3.63, 3.8) is 0 Å². The van der Waals surface area contributed by atoms with Crippen molar-refractivity contribution in [2.24, 2.45) is 11.8 Å². The number of nitrogens with zero attached hydrogens (tertiary/aromatic N) is 4. The molecular formula is C21H28N4O3. The van der Waals surface area contributed by atoms with Crippen molar-refractivity contribution >= 4 is 0 Å². The molecule has 0 unspecified atom stereocenters. The van der Waals surface area contributed by atoms with Gasteiger partial charge in [-0.3, -0.25) is 9.88 Å². The zero-order valence-electron chi connectivity index (χ0n) is 16.8. The van der Waals surface area contributed by atoms with E-state index in [2.05, 4.69) is 32.8 Å². The van der Waals surface area contributed by atoms with Crippen LogP contribution in [0.1, 0.15) is 36.0 Å². The highest BCUT2D eigenvalue weighted by atomic mass is 16.5. The maximum atomic E-state index is 11.9. The summed E-state index contributed by atoms with van der Waals surface area (Å²) >= 11 is 0. The van der Waals surface area contributed by atoms with Gasteiger partial charge in [-0.2, -0.15) is 4.98 Å². The van der Waals surface area contributed by atoms with E-state index in [1.807, 2.05) is 12.4 Å². The molecule has 0 spiro atoms. The van der Waals surface area contributed by atoms with Gasteiger partial charge in [-0.25, -0.2) is 4.98 Å². The monoisotopic (exact) mass is 384 g/mol.